The fraction of sp³-hybridized carbons (Fsp3) is 0.556. The number of benzene rings is 1. The minimum absolute atomic E-state index is 0.111. The summed E-state index contributed by atoms with van der Waals surface area (Å²) in [5.41, 5.74) is 1.14. The number of amides is 2. The van der Waals surface area contributed by atoms with Gasteiger partial charge in [-0.1, -0.05) is 25.0 Å². The summed E-state index contributed by atoms with van der Waals surface area (Å²) in [5, 5.41) is 5.67. The van der Waals surface area contributed by atoms with Crippen LogP contribution in [0.3, 0.4) is 0 Å². The molecule has 23 heavy (non-hydrogen) atoms. The second-order valence-corrected chi connectivity index (χ2v) is 6.18. The predicted octanol–water partition coefficient (Wildman–Crippen LogP) is 2.18. The Labute approximate surface area is 137 Å². The Kier molecular flexibility index (Phi) is 6.44. The van der Waals surface area contributed by atoms with E-state index in [1.807, 2.05) is 31.2 Å². The zero-order chi connectivity index (χ0) is 16.7. The van der Waals surface area contributed by atoms with Gasteiger partial charge in [-0.05, 0) is 43.4 Å². The van der Waals surface area contributed by atoms with Crippen molar-refractivity contribution in [3.8, 4) is 5.75 Å². The number of carbonyl (C=O) groups excluding carboxylic acids is 2. The second kappa shape index (κ2) is 8.56. The zero-order valence-electron chi connectivity index (χ0n) is 13.9. The van der Waals surface area contributed by atoms with E-state index in [1.54, 1.807) is 0 Å². The molecule has 1 aliphatic rings. The van der Waals surface area contributed by atoms with Crippen molar-refractivity contribution in [3.63, 3.8) is 0 Å². The first-order chi connectivity index (χ1) is 11.1. The lowest BCUT2D eigenvalue weighted by Gasteiger charge is -2.23. The van der Waals surface area contributed by atoms with E-state index in [9.17, 15) is 9.59 Å². The molecule has 0 aromatic heterocycles. The molecule has 0 spiro atoms. The van der Waals surface area contributed by atoms with Crippen LogP contribution in [0, 0.1) is 12.8 Å². The molecular weight excluding hydrogens is 292 g/mol. The van der Waals surface area contributed by atoms with E-state index < -0.39 is 6.04 Å². The topological polar surface area (TPSA) is 67.4 Å². The minimum Gasteiger partial charge on any atom is -0.492 e. The van der Waals surface area contributed by atoms with Crippen LogP contribution >= 0.6 is 0 Å². The van der Waals surface area contributed by atoms with E-state index in [-0.39, 0.29) is 17.7 Å². The quantitative estimate of drug-likeness (QED) is 0.757. The first kappa shape index (κ1) is 17.3. The molecule has 0 aliphatic heterocycles. The highest BCUT2D eigenvalue weighted by Crippen LogP contribution is 2.27. The molecule has 5 heteroatoms. The summed E-state index contributed by atoms with van der Waals surface area (Å²) in [6.07, 6.45) is 4.26. The zero-order valence-corrected chi connectivity index (χ0v) is 13.9. The lowest BCUT2D eigenvalue weighted by Crippen LogP contribution is -2.50. The maximum Gasteiger partial charge on any atom is 0.242 e. The van der Waals surface area contributed by atoms with Crippen molar-refractivity contribution in [2.75, 3.05) is 13.2 Å². The van der Waals surface area contributed by atoms with Crippen molar-refractivity contribution < 1.29 is 14.3 Å². The summed E-state index contributed by atoms with van der Waals surface area (Å²) in [4.78, 5) is 23.7. The monoisotopic (exact) mass is 318 g/mol. The number of ether oxygens (including phenoxy) is 1. The van der Waals surface area contributed by atoms with Crippen LogP contribution in [0.4, 0.5) is 0 Å². The highest BCUT2D eigenvalue weighted by atomic mass is 16.5. The van der Waals surface area contributed by atoms with Gasteiger partial charge in [0.1, 0.15) is 18.4 Å². The first-order valence-electron chi connectivity index (χ1n) is 8.30. The van der Waals surface area contributed by atoms with Crippen LogP contribution in [0.2, 0.25) is 0 Å². The summed E-state index contributed by atoms with van der Waals surface area (Å²) in [6, 6.07) is 7.38. The highest BCUT2D eigenvalue weighted by molar-refractivity contribution is 5.87. The molecule has 1 atom stereocenters. The Bertz CT molecular complexity index is 539. The maximum absolute atomic E-state index is 12.3. The summed E-state index contributed by atoms with van der Waals surface area (Å²) < 4.78 is 5.62. The van der Waals surface area contributed by atoms with Crippen LogP contribution in [-0.4, -0.2) is 31.0 Å². The Morgan fingerprint density at radius 1 is 1.30 bits per heavy atom. The maximum atomic E-state index is 12.3. The van der Waals surface area contributed by atoms with Crippen LogP contribution < -0.4 is 15.4 Å². The smallest absolute Gasteiger partial charge is 0.242 e. The van der Waals surface area contributed by atoms with Crippen molar-refractivity contribution in [2.24, 2.45) is 5.92 Å². The molecule has 5 nitrogen and oxygen atoms in total. The van der Waals surface area contributed by atoms with Gasteiger partial charge in [0.25, 0.3) is 0 Å². The summed E-state index contributed by atoms with van der Waals surface area (Å²) in [6.45, 7) is 4.30. The lowest BCUT2D eigenvalue weighted by molar-refractivity contribution is -0.129. The number of hydrogen-bond donors (Lipinski definition) is 2. The average molecular weight is 318 g/mol. The van der Waals surface area contributed by atoms with Crippen molar-refractivity contribution in [2.45, 2.75) is 45.6 Å². The predicted molar refractivity (Wildman–Crippen MR) is 89.2 cm³/mol. The molecule has 2 amide bonds. The van der Waals surface area contributed by atoms with Gasteiger partial charge in [-0.15, -0.1) is 0 Å². The van der Waals surface area contributed by atoms with Crippen LogP contribution in [0.15, 0.2) is 24.3 Å². The van der Waals surface area contributed by atoms with Crippen molar-refractivity contribution in [3.05, 3.63) is 29.8 Å². The third-order valence-corrected chi connectivity index (χ3v) is 4.17. The van der Waals surface area contributed by atoms with E-state index in [0.717, 1.165) is 37.0 Å². The minimum atomic E-state index is -0.422. The molecule has 1 aromatic rings. The first-order valence-corrected chi connectivity index (χ1v) is 8.30. The molecule has 1 fully saturated rings. The Hall–Kier alpha value is -2.04. The van der Waals surface area contributed by atoms with E-state index >= 15 is 0 Å². The Morgan fingerprint density at radius 2 is 2.04 bits per heavy atom. The van der Waals surface area contributed by atoms with Gasteiger partial charge in [0.15, 0.2) is 0 Å². The average Bonchev–Trinajstić information content (AvgIpc) is 3.03. The lowest BCUT2D eigenvalue weighted by atomic mass is 9.97. The molecule has 1 aliphatic carbocycles. The Balaban J connectivity index is 1.78. The van der Waals surface area contributed by atoms with Gasteiger partial charge in [-0.3, -0.25) is 9.59 Å². The Morgan fingerprint density at radius 3 is 2.70 bits per heavy atom. The van der Waals surface area contributed by atoms with Gasteiger partial charge < -0.3 is 15.4 Å². The second-order valence-electron chi connectivity index (χ2n) is 6.18. The van der Waals surface area contributed by atoms with Gasteiger partial charge in [0.2, 0.25) is 11.8 Å². The highest BCUT2D eigenvalue weighted by Gasteiger charge is 2.30. The fourth-order valence-corrected chi connectivity index (χ4v) is 3.07. The molecule has 0 bridgehead atoms. The molecular formula is C18H26N2O3. The van der Waals surface area contributed by atoms with E-state index in [1.165, 1.54) is 6.92 Å². The molecule has 1 saturated carbocycles. The molecule has 0 saturated heterocycles. The largest absolute Gasteiger partial charge is 0.492 e. The molecule has 2 rings (SSSR count). The summed E-state index contributed by atoms with van der Waals surface area (Å²) in [7, 11) is 0. The molecule has 126 valence electrons. The number of hydrogen-bond acceptors (Lipinski definition) is 3. The number of aryl methyl sites for hydroxylation is 1. The molecule has 1 unspecified atom stereocenters. The molecule has 0 heterocycles. The molecule has 1 aromatic carbocycles. The van der Waals surface area contributed by atoms with Crippen molar-refractivity contribution in [1.82, 2.24) is 10.6 Å². The van der Waals surface area contributed by atoms with Crippen LogP contribution in [0.25, 0.3) is 0 Å². The van der Waals surface area contributed by atoms with Crippen molar-refractivity contribution >= 4 is 11.8 Å². The number of rotatable bonds is 7. The van der Waals surface area contributed by atoms with Crippen molar-refractivity contribution in [1.29, 1.82) is 0 Å². The van der Waals surface area contributed by atoms with E-state index in [2.05, 4.69) is 10.6 Å². The normalized spacial score (nSPS) is 15.9. The molecule has 0 radical (unpaired) electrons. The van der Waals surface area contributed by atoms with Gasteiger partial charge in [-0.25, -0.2) is 0 Å². The van der Waals surface area contributed by atoms with Gasteiger partial charge in [-0.2, -0.15) is 0 Å². The number of carbonyl (C=O) groups is 2. The van der Waals surface area contributed by atoms with Gasteiger partial charge >= 0.3 is 0 Å². The van der Waals surface area contributed by atoms with Crippen LogP contribution in [0.5, 0.6) is 5.75 Å². The van der Waals surface area contributed by atoms with Gasteiger partial charge in [0.05, 0.1) is 6.54 Å². The third-order valence-electron chi connectivity index (χ3n) is 4.17. The van der Waals surface area contributed by atoms with Crippen LogP contribution in [0.1, 0.15) is 38.2 Å². The summed E-state index contributed by atoms with van der Waals surface area (Å²) >= 11 is 0. The van der Waals surface area contributed by atoms with E-state index in [4.69, 9.17) is 4.74 Å². The summed E-state index contributed by atoms with van der Waals surface area (Å²) in [5.74, 6) is 0.776. The van der Waals surface area contributed by atoms with Gasteiger partial charge in [0, 0.05) is 6.92 Å². The standard InChI is InChI=1S/C18H26N2O3/c1-13-6-5-9-16(12-13)23-11-10-19-18(22)17(20-14(2)21)15-7-3-4-8-15/h5-6,9,12,15,17H,3-4,7-8,10-11H2,1-2H3,(H,19,22)(H,20,21). The number of nitrogens with one attached hydrogen (secondary N) is 2. The van der Waals surface area contributed by atoms with E-state index in [0.29, 0.717) is 13.2 Å². The molecule has 2 N–H and O–H groups in total. The third kappa shape index (κ3) is 5.58. The van der Waals surface area contributed by atoms with Crippen LogP contribution in [-0.2, 0) is 9.59 Å². The SMILES string of the molecule is CC(=O)NC(C(=O)NCCOc1cccc(C)c1)C1CCCC1. The fourth-order valence-electron chi connectivity index (χ4n) is 3.07.